The Balaban J connectivity index is 1.50. The highest BCUT2D eigenvalue weighted by atomic mass is 32.2. The van der Waals surface area contributed by atoms with E-state index in [2.05, 4.69) is 20.5 Å². The molecule has 0 spiro atoms. The van der Waals surface area contributed by atoms with Crippen LogP contribution in [0.2, 0.25) is 0 Å². The van der Waals surface area contributed by atoms with Gasteiger partial charge >= 0.3 is 0 Å². The SMILES string of the molecule is CNc1cc(S(=O)(=O)N2CCCN(CCOC)CC2)ccc1NC(=O)c1ccc2cccnc2c1. The second-order valence-corrected chi connectivity index (χ2v) is 10.4. The molecule has 3 aromatic rings. The summed E-state index contributed by atoms with van der Waals surface area (Å²) < 4.78 is 33.4. The van der Waals surface area contributed by atoms with E-state index in [1.54, 1.807) is 50.7 Å². The summed E-state index contributed by atoms with van der Waals surface area (Å²) in [5.41, 5.74) is 2.22. The molecule has 2 aromatic carbocycles. The number of benzene rings is 2. The summed E-state index contributed by atoms with van der Waals surface area (Å²) in [7, 11) is -0.308. The van der Waals surface area contributed by atoms with Gasteiger partial charge in [0.15, 0.2) is 0 Å². The van der Waals surface area contributed by atoms with Crippen molar-refractivity contribution in [2.45, 2.75) is 11.3 Å². The van der Waals surface area contributed by atoms with Gasteiger partial charge in [0.2, 0.25) is 10.0 Å². The Hall–Kier alpha value is -3.05. The highest BCUT2D eigenvalue weighted by Gasteiger charge is 2.27. The van der Waals surface area contributed by atoms with E-state index < -0.39 is 10.0 Å². The van der Waals surface area contributed by atoms with Gasteiger partial charge in [-0.1, -0.05) is 12.1 Å². The lowest BCUT2D eigenvalue weighted by atomic mass is 10.1. The zero-order chi connectivity index (χ0) is 24.8. The third-order valence-electron chi connectivity index (χ3n) is 6.17. The maximum absolute atomic E-state index is 13.4. The minimum absolute atomic E-state index is 0.195. The van der Waals surface area contributed by atoms with Crippen molar-refractivity contribution in [2.75, 3.05) is 64.1 Å². The van der Waals surface area contributed by atoms with Gasteiger partial charge in [-0.3, -0.25) is 14.7 Å². The number of ether oxygens (including phenoxy) is 1. The third-order valence-corrected chi connectivity index (χ3v) is 8.07. The molecule has 1 aromatic heterocycles. The summed E-state index contributed by atoms with van der Waals surface area (Å²) in [6.07, 6.45) is 2.44. The topological polar surface area (TPSA) is 104 Å². The number of nitrogens with one attached hydrogen (secondary N) is 2. The summed E-state index contributed by atoms with van der Waals surface area (Å²) in [5, 5.41) is 6.84. The van der Waals surface area contributed by atoms with Crippen LogP contribution in [0, 0.1) is 0 Å². The number of methoxy groups -OCH3 is 1. The van der Waals surface area contributed by atoms with E-state index in [1.165, 1.54) is 4.31 Å². The van der Waals surface area contributed by atoms with E-state index in [0.29, 0.717) is 43.2 Å². The predicted octanol–water partition coefficient (Wildman–Crippen LogP) is 2.87. The molecule has 0 saturated carbocycles. The molecule has 1 amide bonds. The molecule has 1 aliphatic rings. The lowest BCUT2D eigenvalue weighted by molar-refractivity contribution is 0.102. The number of anilines is 2. The molecule has 4 rings (SSSR count). The highest BCUT2D eigenvalue weighted by molar-refractivity contribution is 7.89. The number of aromatic nitrogens is 1. The van der Waals surface area contributed by atoms with Crippen molar-refractivity contribution >= 4 is 38.2 Å². The fraction of sp³-hybridized carbons (Fsp3) is 0.360. The Labute approximate surface area is 206 Å². The third kappa shape index (κ3) is 5.79. The van der Waals surface area contributed by atoms with Gasteiger partial charge in [-0.05, 0) is 49.4 Å². The van der Waals surface area contributed by atoms with Gasteiger partial charge in [-0.2, -0.15) is 4.31 Å². The van der Waals surface area contributed by atoms with E-state index in [4.69, 9.17) is 4.74 Å². The molecule has 9 nitrogen and oxygen atoms in total. The number of hydrogen-bond donors (Lipinski definition) is 2. The number of fused-ring (bicyclic) bond motifs is 1. The molecule has 1 aliphatic heterocycles. The quantitative estimate of drug-likeness (QED) is 0.493. The Morgan fingerprint density at radius 1 is 1.06 bits per heavy atom. The number of sulfonamides is 1. The molecule has 1 saturated heterocycles. The number of carbonyl (C=O) groups excluding carboxylic acids is 1. The normalized spacial score (nSPS) is 15.6. The van der Waals surface area contributed by atoms with Gasteiger partial charge in [0, 0.05) is 57.5 Å². The Morgan fingerprint density at radius 2 is 1.91 bits per heavy atom. The summed E-state index contributed by atoms with van der Waals surface area (Å²) in [5.74, 6) is -0.298. The maximum atomic E-state index is 13.4. The fourth-order valence-electron chi connectivity index (χ4n) is 4.18. The minimum atomic E-state index is -3.67. The number of nitrogens with zero attached hydrogens (tertiary/aromatic N) is 3. The van der Waals surface area contributed by atoms with Crippen LogP contribution in [0.4, 0.5) is 11.4 Å². The van der Waals surface area contributed by atoms with E-state index in [9.17, 15) is 13.2 Å². The van der Waals surface area contributed by atoms with Crippen molar-refractivity contribution in [3.8, 4) is 0 Å². The van der Waals surface area contributed by atoms with Crippen molar-refractivity contribution in [2.24, 2.45) is 0 Å². The zero-order valence-corrected chi connectivity index (χ0v) is 20.8. The second-order valence-electron chi connectivity index (χ2n) is 8.41. The van der Waals surface area contributed by atoms with Crippen LogP contribution < -0.4 is 10.6 Å². The molecular weight excluding hydrogens is 466 g/mol. The Morgan fingerprint density at radius 3 is 2.71 bits per heavy atom. The van der Waals surface area contributed by atoms with Crippen molar-refractivity contribution in [1.82, 2.24) is 14.2 Å². The van der Waals surface area contributed by atoms with Crippen LogP contribution in [0.5, 0.6) is 0 Å². The van der Waals surface area contributed by atoms with Gasteiger partial charge in [-0.25, -0.2) is 8.42 Å². The zero-order valence-electron chi connectivity index (χ0n) is 20.0. The lowest BCUT2D eigenvalue weighted by Gasteiger charge is -2.22. The summed E-state index contributed by atoms with van der Waals surface area (Å²) in [6.45, 7) is 3.81. The number of carbonyl (C=O) groups is 1. The standard InChI is InChI=1S/C25H31N5O4S/c1-26-24-18-21(35(32,33)30-12-4-11-29(13-14-30)15-16-34-2)8-9-22(24)28-25(31)20-7-6-19-5-3-10-27-23(19)17-20/h3,5-10,17-18,26H,4,11-16H2,1-2H3,(H,28,31). The van der Waals surface area contributed by atoms with E-state index >= 15 is 0 Å². The van der Waals surface area contributed by atoms with Crippen LogP contribution in [-0.2, 0) is 14.8 Å². The first-order valence-corrected chi connectivity index (χ1v) is 13.1. The molecule has 0 unspecified atom stereocenters. The van der Waals surface area contributed by atoms with Gasteiger partial charge in [0.1, 0.15) is 0 Å². The van der Waals surface area contributed by atoms with Crippen molar-refractivity contribution in [3.05, 3.63) is 60.3 Å². The first kappa shape index (κ1) is 25.1. The number of amides is 1. The van der Waals surface area contributed by atoms with Gasteiger partial charge in [-0.15, -0.1) is 0 Å². The molecule has 1 fully saturated rings. The highest BCUT2D eigenvalue weighted by Crippen LogP contribution is 2.28. The molecule has 10 heteroatoms. The Bertz CT molecular complexity index is 1300. The molecule has 0 radical (unpaired) electrons. The molecule has 0 atom stereocenters. The summed E-state index contributed by atoms with van der Waals surface area (Å²) in [4.78, 5) is 19.6. The average Bonchev–Trinajstić information content (AvgIpc) is 3.13. The average molecular weight is 498 g/mol. The van der Waals surface area contributed by atoms with Crippen LogP contribution >= 0.6 is 0 Å². The number of rotatable bonds is 8. The molecule has 186 valence electrons. The molecule has 2 heterocycles. The Kier molecular flexibility index (Phi) is 7.97. The smallest absolute Gasteiger partial charge is 0.255 e. The van der Waals surface area contributed by atoms with Crippen molar-refractivity contribution < 1.29 is 17.9 Å². The fourth-order valence-corrected chi connectivity index (χ4v) is 5.68. The molecule has 0 aliphatic carbocycles. The minimum Gasteiger partial charge on any atom is -0.386 e. The van der Waals surface area contributed by atoms with Crippen molar-refractivity contribution in [1.29, 1.82) is 0 Å². The van der Waals surface area contributed by atoms with Crippen molar-refractivity contribution in [3.63, 3.8) is 0 Å². The number of pyridine rings is 1. The van der Waals surface area contributed by atoms with Crippen LogP contribution in [0.15, 0.2) is 59.6 Å². The first-order chi connectivity index (χ1) is 16.9. The summed E-state index contributed by atoms with van der Waals surface area (Å²) in [6, 6.07) is 13.8. The van der Waals surface area contributed by atoms with Crippen LogP contribution in [0.1, 0.15) is 16.8 Å². The molecule has 35 heavy (non-hydrogen) atoms. The van der Waals surface area contributed by atoms with Crippen LogP contribution in [0.3, 0.4) is 0 Å². The van der Waals surface area contributed by atoms with E-state index in [1.807, 2.05) is 18.2 Å². The van der Waals surface area contributed by atoms with E-state index in [0.717, 1.165) is 30.4 Å². The molecular formula is C25H31N5O4S. The monoisotopic (exact) mass is 497 g/mol. The largest absolute Gasteiger partial charge is 0.386 e. The van der Waals surface area contributed by atoms with Crippen LogP contribution in [-0.4, -0.2) is 82.0 Å². The second kappa shape index (κ2) is 11.1. The maximum Gasteiger partial charge on any atom is 0.255 e. The molecule has 2 N–H and O–H groups in total. The summed E-state index contributed by atoms with van der Waals surface area (Å²) >= 11 is 0. The van der Waals surface area contributed by atoms with Gasteiger partial charge < -0.3 is 15.4 Å². The lowest BCUT2D eigenvalue weighted by Crippen LogP contribution is -2.36. The van der Waals surface area contributed by atoms with E-state index in [-0.39, 0.29) is 10.8 Å². The van der Waals surface area contributed by atoms with Crippen LogP contribution in [0.25, 0.3) is 10.9 Å². The molecule has 0 bridgehead atoms. The number of hydrogen-bond acceptors (Lipinski definition) is 7. The first-order valence-electron chi connectivity index (χ1n) is 11.6. The van der Waals surface area contributed by atoms with Gasteiger partial charge in [0.25, 0.3) is 5.91 Å². The predicted molar refractivity (Wildman–Crippen MR) is 137 cm³/mol. The van der Waals surface area contributed by atoms with Gasteiger partial charge in [0.05, 0.1) is 28.4 Å².